The quantitative estimate of drug-likeness (QED) is 0.833. The van der Waals surface area contributed by atoms with Crippen LogP contribution in [0.4, 0.5) is 0 Å². The molecule has 1 atom stereocenters. The Kier molecular flexibility index (Phi) is 5.37. The molecule has 21 heavy (non-hydrogen) atoms. The first kappa shape index (κ1) is 16.0. The highest BCUT2D eigenvalue weighted by molar-refractivity contribution is 7.13. The fourth-order valence-corrected chi connectivity index (χ4v) is 2.80. The van der Waals surface area contributed by atoms with E-state index < -0.39 is 0 Å². The molecule has 1 aromatic carbocycles. The van der Waals surface area contributed by atoms with Crippen LogP contribution < -0.4 is 5.32 Å². The van der Waals surface area contributed by atoms with E-state index in [0.717, 1.165) is 16.3 Å². The Balaban J connectivity index is 2.19. The Hall–Kier alpha value is -1.39. The second-order valence-electron chi connectivity index (χ2n) is 5.36. The fraction of sp³-hybridized carbons (Fsp3) is 0.375. The van der Waals surface area contributed by atoms with Crippen LogP contribution in [0.25, 0.3) is 10.6 Å². The van der Waals surface area contributed by atoms with E-state index in [9.17, 15) is 4.79 Å². The van der Waals surface area contributed by atoms with E-state index in [1.54, 1.807) is 0 Å². The summed E-state index contributed by atoms with van der Waals surface area (Å²) >= 11 is 7.32. The first-order valence-corrected chi connectivity index (χ1v) is 8.34. The number of hydrogen-bond acceptors (Lipinski definition) is 3. The number of aromatic nitrogens is 1. The van der Waals surface area contributed by atoms with Gasteiger partial charge in [0.2, 0.25) is 0 Å². The number of carbonyl (C=O) groups excluding carboxylic acids is 1. The van der Waals surface area contributed by atoms with Crippen molar-refractivity contribution < 1.29 is 4.79 Å². The number of thiazole rings is 1. The molecule has 0 fully saturated rings. The summed E-state index contributed by atoms with van der Waals surface area (Å²) in [5.74, 6) is 0.761. The highest BCUT2D eigenvalue weighted by atomic mass is 35.5. The molecule has 2 rings (SSSR count). The minimum Gasteiger partial charge on any atom is -0.349 e. The third-order valence-electron chi connectivity index (χ3n) is 3.42. The average Bonchev–Trinajstić information content (AvgIpc) is 2.96. The van der Waals surface area contributed by atoms with Gasteiger partial charge >= 0.3 is 0 Å². The lowest BCUT2D eigenvalue weighted by Crippen LogP contribution is -2.36. The van der Waals surface area contributed by atoms with Crippen molar-refractivity contribution >= 4 is 28.8 Å². The smallest absolute Gasteiger partial charge is 0.251 e. The Morgan fingerprint density at radius 1 is 1.38 bits per heavy atom. The highest BCUT2D eigenvalue weighted by Gasteiger charge is 2.13. The van der Waals surface area contributed by atoms with Gasteiger partial charge < -0.3 is 5.32 Å². The number of nitrogens with zero attached hydrogens (tertiary/aromatic N) is 1. The van der Waals surface area contributed by atoms with E-state index in [1.807, 2.05) is 36.6 Å². The first-order chi connectivity index (χ1) is 10.0. The zero-order chi connectivity index (χ0) is 15.4. The largest absolute Gasteiger partial charge is 0.349 e. The number of carbonyl (C=O) groups is 1. The molecule has 0 aliphatic rings. The Morgan fingerprint density at radius 3 is 2.76 bits per heavy atom. The van der Waals surface area contributed by atoms with E-state index >= 15 is 0 Å². The van der Waals surface area contributed by atoms with E-state index in [0.29, 0.717) is 17.4 Å². The van der Waals surface area contributed by atoms with Gasteiger partial charge in [0.15, 0.2) is 0 Å². The van der Waals surface area contributed by atoms with Gasteiger partial charge in [0, 0.05) is 22.5 Å². The summed E-state index contributed by atoms with van der Waals surface area (Å²) in [5.41, 5.74) is 2.46. The van der Waals surface area contributed by atoms with Crippen LogP contribution >= 0.6 is 22.9 Å². The minimum atomic E-state index is -0.0489. The third-order valence-corrected chi connectivity index (χ3v) is 4.63. The van der Waals surface area contributed by atoms with Crippen molar-refractivity contribution in [3.8, 4) is 10.6 Å². The van der Waals surface area contributed by atoms with E-state index in [1.165, 1.54) is 11.3 Å². The van der Waals surface area contributed by atoms with Crippen molar-refractivity contribution in [2.24, 2.45) is 5.92 Å². The average molecular weight is 323 g/mol. The van der Waals surface area contributed by atoms with Crippen molar-refractivity contribution in [1.29, 1.82) is 0 Å². The molecule has 1 unspecified atom stereocenters. The maximum atomic E-state index is 12.3. The topological polar surface area (TPSA) is 42.0 Å². The van der Waals surface area contributed by atoms with Crippen LogP contribution in [0.3, 0.4) is 0 Å². The third kappa shape index (κ3) is 4.05. The predicted octanol–water partition coefficient (Wildman–Crippen LogP) is 4.32. The number of alkyl halides is 1. The molecule has 0 saturated carbocycles. The van der Waals surface area contributed by atoms with Crippen LogP contribution in [0.2, 0.25) is 0 Å². The monoisotopic (exact) mass is 322 g/mol. The van der Waals surface area contributed by atoms with Crippen molar-refractivity contribution in [2.75, 3.05) is 0 Å². The summed E-state index contributed by atoms with van der Waals surface area (Å²) in [6.45, 7) is 6.19. The lowest BCUT2D eigenvalue weighted by Gasteiger charge is -2.17. The van der Waals surface area contributed by atoms with Gasteiger partial charge in [-0.05, 0) is 25.0 Å². The van der Waals surface area contributed by atoms with Gasteiger partial charge in [0.05, 0.1) is 11.6 Å². The molecule has 1 amide bonds. The Bertz CT molecular complexity index is 624. The summed E-state index contributed by atoms with van der Waals surface area (Å²) in [5, 5.41) is 5.84. The van der Waals surface area contributed by atoms with Gasteiger partial charge in [-0.15, -0.1) is 22.9 Å². The molecule has 0 aliphatic heterocycles. The van der Waals surface area contributed by atoms with Gasteiger partial charge in [-0.25, -0.2) is 4.98 Å². The van der Waals surface area contributed by atoms with Gasteiger partial charge in [-0.3, -0.25) is 4.79 Å². The molecule has 0 bridgehead atoms. The van der Waals surface area contributed by atoms with Crippen LogP contribution in [-0.4, -0.2) is 16.9 Å². The SMILES string of the molecule is CC(C)C(C)NC(=O)c1cccc(-c2nc(CCl)cs2)c1. The summed E-state index contributed by atoms with van der Waals surface area (Å²) in [4.78, 5) is 16.7. The number of rotatable bonds is 5. The molecule has 0 saturated heterocycles. The van der Waals surface area contributed by atoms with Crippen LogP contribution in [0, 0.1) is 5.92 Å². The lowest BCUT2D eigenvalue weighted by atomic mass is 10.1. The lowest BCUT2D eigenvalue weighted by molar-refractivity contribution is 0.0930. The van der Waals surface area contributed by atoms with Crippen LogP contribution in [0.5, 0.6) is 0 Å². The van der Waals surface area contributed by atoms with Gasteiger partial charge in [0.25, 0.3) is 5.91 Å². The molecule has 3 nitrogen and oxygen atoms in total. The molecular formula is C16H19ClN2OS. The van der Waals surface area contributed by atoms with Crippen molar-refractivity contribution in [3.63, 3.8) is 0 Å². The maximum absolute atomic E-state index is 12.3. The second kappa shape index (κ2) is 7.05. The molecule has 1 aromatic heterocycles. The van der Waals surface area contributed by atoms with E-state index in [4.69, 9.17) is 11.6 Å². The summed E-state index contributed by atoms with van der Waals surface area (Å²) < 4.78 is 0. The molecule has 0 aliphatic carbocycles. The zero-order valence-corrected chi connectivity index (χ0v) is 14.0. The van der Waals surface area contributed by atoms with Crippen molar-refractivity contribution in [1.82, 2.24) is 10.3 Å². The molecular weight excluding hydrogens is 304 g/mol. The molecule has 1 N–H and O–H groups in total. The summed E-state index contributed by atoms with van der Waals surface area (Å²) in [6, 6.07) is 7.68. The summed E-state index contributed by atoms with van der Waals surface area (Å²) in [6.07, 6.45) is 0. The highest BCUT2D eigenvalue weighted by Crippen LogP contribution is 2.25. The second-order valence-corrected chi connectivity index (χ2v) is 6.49. The Labute approximate surface area is 134 Å². The molecule has 2 aromatic rings. The van der Waals surface area contributed by atoms with Gasteiger partial charge in [-0.2, -0.15) is 0 Å². The molecule has 0 spiro atoms. The van der Waals surface area contributed by atoms with Crippen molar-refractivity contribution in [2.45, 2.75) is 32.7 Å². The number of halogens is 1. The van der Waals surface area contributed by atoms with E-state index in [2.05, 4.69) is 24.1 Å². The molecule has 5 heteroatoms. The predicted molar refractivity (Wildman–Crippen MR) is 88.9 cm³/mol. The number of nitrogens with one attached hydrogen (secondary N) is 1. The number of hydrogen-bond donors (Lipinski definition) is 1. The van der Waals surface area contributed by atoms with Gasteiger partial charge in [-0.1, -0.05) is 26.0 Å². The van der Waals surface area contributed by atoms with Crippen LogP contribution in [0.15, 0.2) is 29.6 Å². The summed E-state index contributed by atoms with van der Waals surface area (Å²) in [7, 11) is 0. The molecule has 0 radical (unpaired) electrons. The zero-order valence-electron chi connectivity index (χ0n) is 12.4. The standard InChI is InChI=1S/C16H19ClN2OS/c1-10(2)11(3)18-15(20)12-5-4-6-13(7-12)16-19-14(8-17)9-21-16/h4-7,9-11H,8H2,1-3H3,(H,18,20). The minimum absolute atomic E-state index is 0.0489. The molecule has 1 heterocycles. The number of amides is 1. The first-order valence-electron chi connectivity index (χ1n) is 6.93. The van der Waals surface area contributed by atoms with Crippen LogP contribution in [0.1, 0.15) is 36.8 Å². The normalized spacial score (nSPS) is 12.4. The van der Waals surface area contributed by atoms with Crippen LogP contribution in [-0.2, 0) is 5.88 Å². The number of benzene rings is 1. The maximum Gasteiger partial charge on any atom is 0.251 e. The Morgan fingerprint density at radius 2 is 2.14 bits per heavy atom. The molecule has 112 valence electrons. The fourth-order valence-electron chi connectivity index (χ4n) is 1.75. The van der Waals surface area contributed by atoms with Gasteiger partial charge in [0.1, 0.15) is 5.01 Å². The van der Waals surface area contributed by atoms with Crippen molar-refractivity contribution in [3.05, 3.63) is 40.9 Å². The van der Waals surface area contributed by atoms with E-state index in [-0.39, 0.29) is 11.9 Å².